The molecule has 14 heteroatoms. The monoisotopic (exact) mass is 573 g/mol. The van der Waals surface area contributed by atoms with Crippen molar-refractivity contribution in [3.8, 4) is 22.8 Å². The summed E-state index contributed by atoms with van der Waals surface area (Å²) in [5, 5.41) is 13.5. The normalized spacial score (nSPS) is 12.5. The average molecular weight is 574 g/mol. The van der Waals surface area contributed by atoms with E-state index in [1.165, 1.54) is 19.4 Å². The lowest BCUT2D eigenvalue weighted by molar-refractivity contribution is -0.376. The van der Waals surface area contributed by atoms with Crippen LogP contribution in [0.2, 0.25) is 5.02 Å². The Balaban J connectivity index is 1.57. The molecule has 0 aliphatic heterocycles. The molecule has 2 aromatic carbocycles. The van der Waals surface area contributed by atoms with Crippen LogP contribution in [0.3, 0.4) is 0 Å². The molecule has 206 valence electrons. The molecule has 0 unspecified atom stereocenters. The predicted octanol–water partition coefficient (Wildman–Crippen LogP) is 5.51. The third kappa shape index (κ3) is 5.36. The van der Waals surface area contributed by atoms with E-state index in [-0.39, 0.29) is 24.4 Å². The number of ether oxygens (including phenoxy) is 2. The van der Waals surface area contributed by atoms with Crippen LogP contribution >= 0.6 is 11.6 Å². The van der Waals surface area contributed by atoms with Crippen molar-refractivity contribution in [2.24, 2.45) is 0 Å². The van der Waals surface area contributed by atoms with E-state index in [0.717, 1.165) is 22.9 Å². The number of hydrogen-bond acceptors (Lipinski definition) is 6. The third-order valence-corrected chi connectivity index (χ3v) is 6.13. The van der Waals surface area contributed by atoms with Gasteiger partial charge in [-0.15, -0.1) is 0 Å². The zero-order chi connectivity index (χ0) is 28.6. The van der Waals surface area contributed by atoms with Crippen LogP contribution < -0.4 is 15.0 Å². The Morgan fingerprint density at radius 3 is 2.33 bits per heavy atom. The van der Waals surface area contributed by atoms with Gasteiger partial charge in [-0.25, -0.2) is 4.68 Å². The van der Waals surface area contributed by atoms with Crippen molar-refractivity contribution < 1.29 is 40.9 Å². The molecule has 0 fully saturated rings. The fourth-order valence-electron chi connectivity index (χ4n) is 3.79. The first-order valence-electron chi connectivity index (χ1n) is 11.1. The lowest BCUT2D eigenvalue weighted by atomic mass is 9.91. The molecule has 39 heavy (non-hydrogen) atoms. The molecule has 0 aliphatic carbocycles. The van der Waals surface area contributed by atoms with Crippen LogP contribution in [0.5, 0.6) is 11.5 Å². The highest BCUT2D eigenvalue weighted by Crippen LogP contribution is 2.52. The summed E-state index contributed by atoms with van der Waals surface area (Å²) in [5.41, 5.74) is -6.63. The predicted molar refractivity (Wildman–Crippen MR) is 129 cm³/mol. The maximum atomic E-state index is 13.2. The summed E-state index contributed by atoms with van der Waals surface area (Å²) in [6.45, 7) is -0.0498. The van der Waals surface area contributed by atoms with Crippen LogP contribution in [0.1, 0.15) is 5.56 Å². The molecule has 0 amide bonds. The minimum absolute atomic E-state index is 0.00854. The maximum Gasteiger partial charge on any atom is 0.430 e. The quantitative estimate of drug-likeness (QED) is 0.293. The number of hydrogen-bond donors (Lipinski definition) is 1. The van der Waals surface area contributed by atoms with Gasteiger partial charge in [0, 0.05) is 39.9 Å². The van der Waals surface area contributed by atoms with Gasteiger partial charge >= 0.3 is 12.4 Å². The minimum Gasteiger partial charge on any atom is -0.497 e. The Labute approximate surface area is 221 Å². The van der Waals surface area contributed by atoms with Crippen molar-refractivity contribution >= 4 is 22.5 Å². The van der Waals surface area contributed by atoms with Crippen molar-refractivity contribution in [2.75, 3.05) is 13.7 Å². The average Bonchev–Trinajstić information content (AvgIpc) is 2.87. The van der Waals surface area contributed by atoms with Gasteiger partial charge in [-0.1, -0.05) is 23.7 Å². The highest BCUT2D eigenvalue weighted by Gasteiger charge is 2.72. The van der Waals surface area contributed by atoms with E-state index in [0.29, 0.717) is 28.5 Å². The van der Waals surface area contributed by atoms with E-state index in [9.17, 15) is 36.2 Å². The van der Waals surface area contributed by atoms with E-state index < -0.39 is 34.1 Å². The Kier molecular flexibility index (Phi) is 7.50. The molecule has 0 atom stereocenters. The topological polar surface area (TPSA) is 86.5 Å². The molecular weight excluding hydrogens is 556 g/mol. The molecule has 7 nitrogen and oxygen atoms in total. The van der Waals surface area contributed by atoms with Crippen LogP contribution in [0, 0.1) is 0 Å². The van der Waals surface area contributed by atoms with Crippen molar-refractivity contribution in [1.82, 2.24) is 14.8 Å². The number of halogens is 7. The molecule has 2 aromatic heterocycles. The molecular formula is C25H18ClF6N3O4. The summed E-state index contributed by atoms with van der Waals surface area (Å²) in [7, 11) is 1.52. The molecule has 0 spiro atoms. The second-order valence-electron chi connectivity index (χ2n) is 8.22. The zero-order valence-electron chi connectivity index (χ0n) is 19.8. The van der Waals surface area contributed by atoms with Crippen LogP contribution in [-0.2, 0) is 12.1 Å². The molecule has 0 radical (unpaired) electrons. The van der Waals surface area contributed by atoms with Crippen molar-refractivity contribution in [3.63, 3.8) is 0 Å². The van der Waals surface area contributed by atoms with Crippen molar-refractivity contribution in [1.29, 1.82) is 0 Å². The van der Waals surface area contributed by atoms with Gasteiger partial charge in [-0.05, 0) is 30.3 Å². The summed E-state index contributed by atoms with van der Waals surface area (Å²) in [6, 6.07) is 11.3. The van der Waals surface area contributed by atoms with E-state index >= 15 is 0 Å². The van der Waals surface area contributed by atoms with Crippen LogP contribution in [0.15, 0.2) is 65.6 Å². The summed E-state index contributed by atoms with van der Waals surface area (Å²) < 4.78 is 91.5. The Hall–Kier alpha value is -3.84. The summed E-state index contributed by atoms with van der Waals surface area (Å²) >= 11 is 5.78. The van der Waals surface area contributed by atoms with E-state index in [1.807, 2.05) is 0 Å². The molecule has 4 aromatic rings. The number of rotatable bonds is 7. The van der Waals surface area contributed by atoms with Crippen LogP contribution in [0.25, 0.3) is 22.2 Å². The lowest BCUT2D eigenvalue weighted by Gasteiger charge is -2.33. The highest BCUT2D eigenvalue weighted by molar-refractivity contribution is 6.31. The van der Waals surface area contributed by atoms with Gasteiger partial charge in [-0.3, -0.25) is 9.78 Å². The molecule has 0 aliphatic rings. The fourth-order valence-corrected chi connectivity index (χ4v) is 4.11. The standard InChI is InChI=1S/C25H18ClF6N3O4/c1-38-15-3-4-16-20(13-15)33-9-8-21(16)39-11-10-35-22(36)7-6-19(34-35)14-2-5-17(18(26)12-14)23(37,24(27,28)29)25(30,31)32/h2-9,12-13,37H,10-11H2,1H3. The van der Waals surface area contributed by atoms with Gasteiger partial charge in [0.05, 0.1) is 24.9 Å². The second-order valence-corrected chi connectivity index (χ2v) is 8.63. The van der Waals surface area contributed by atoms with Crippen molar-refractivity contribution in [2.45, 2.75) is 24.5 Å². The second kappa shape index (κ2) is 10.4. The number of benzene rings is 2. The lowest BCUT2D eigenvalue weighted by Crippen LogP contribution is -2.54. The molecule has 2 heterocycles. The van der Waals surface area contributed by atoms with Gasteiger partial charge in [0.1, 0.15) is 18.1 Å². The van der Waals surface area contributed by atoms with Crippen LogP contribution in [0.4, 0.5) is 26.3 Å². The van der Waals surface area contributed by atoms with Gasteiger partial charge in [-0.2, -0.15) is 31.4 Å². The highest BCUT2D eigenvalue weighted by atomic mass is 35.5. The number of fused-ring (bicyclic) bond motifs is 1. The maximum absolute atomic E-state index is 13.2. The first-order valence-corrected chi connectivity index (χ1v) is 11.4. The van der Waals surface area contributed by atoms with E-state index in [1.54, 1.807) is 24.3 Å². The third-order valence-electron chi connectivity index (χ3n) is 5.81. The summed E-state index contributed by atoms with van der Waals surface area (Å²) in [5.74, 6) is 1.09. The van der Waals surface area contributed by atoms with Gasteiger partial charge in [0.25, 0.3) is 11.2 Å². The smallest absolute Gasteiger partial charge is 0.430 e. The first-order chi connectivity index (χ1) is 18.3. The molecule has 0 saturated carbocycles. The van der Waals surface area contributed by atoms with E-state index in [2.05, 4.69) is 10.1 Å². The van der Waals surface area contributed by atoms with E-state index in [4.69, 9.17) is 21.1 Å². The number of methoxy groups -OCH3 is 1. The minimum atomic E-state index is -6.09. The largest absolute Gasteiger partial charge is 0.497 e. The summed E-state index contributed by atoms with van der Waals surface area (Å²) in [4.78, 5) is 16.6. The Bertz CT molecular complexity index is 1560. The Morgan fingerprint density at radius 2 is 1.69 bits per heavy atom. The fraction of sp³-hybridized carbons (Fsp3) is 0.240. The zero-order valence-corrected chi connectivity index (χ0v) is 20.6. The van der Waals surface area contributed by atoms with Gasteiger partial charge in [0.15, 0.2) is 0 Å². The SMILES string of the molecule is COc1ccc2c(OCCn3nc(-c4ccc(C(O)(C(F)(F)F)C(F)(F)F)c(Cl)c4)ccc3=O)ccnc2c1. The first kappa shape index (κ1) is 28.2. The number of aromatic nitrogens is 3. The number of aliphatic hydroxyl groups is 1. The Morgan fingerprint density at radius 1 is 0.974 bits per heavy atom. The number of pyridine rings is 1. The van der Waals surface area contributed by atoms with Crippen molar-refractivity contribution in [3.05, 3.63) is 81.7 Å². The number of alkyl halides is 6. The molecule has 4 rings (SSSR count). The number of nitrogens with zero attached hydrogens (tertiary/aromatic N) is 3. The van der Waals surface area contributed by atoms with Gasteiger partial charge < -0.3 is 14.6 Å². The summed E-state index contributed by atoms with van der Waals surface area (Å²) in [6.07, 6.45) is -10.6. The molecule has 1 N–H and O–H groups in total. The van der Waals surface area contributed by atoms with Crippen LogP contribution in [-0.4, -0.2) is 45.9 Å². The van der Waals surface area contributed by atoms with Gasteiger partial charge in [0.2, 0.25) is 0 Å². The molecule has 0 bridgehead atoms. The molecule has 0 saturated heterocycles.